The van der Waals surface area contributed by atoms with E-state index in [0.29, 0.717) is 11.3 Å². The van der Waals surface area contributed by atoms with E-state index in [9.17, 15) is 4.79 Å². The van der Waals surface area contributed by atoms with Gasteiger partial charge in [0.2, 0.25) is 0 Å². The lowest BCUT2D eigenvalue weighted by Gasteiger charge is -2.08. The number of amides is 1. The van der Waals surface area contributed by atoms with Gasteiger partial charge in [-0.15, -0.1) is 0 Å². The van der Waals surface area contributed by atoms with Crippen LogP contribution in [0, 0.1) is 6.92 Å². The first kappa shape index (κ1) is 17.7. The lowest BCUT2D eigenvalue weighted by atomic mass is 10.2. The highest BCUT2D eigenvalue weighted by molar-refractivity contribution is 9.10. The Morgan fingerprint density at radius 1 is 1.11 bits per heavy atom. The molecule has 0 aliphatic carbocycles. The summed E-state index contributed by atoms with van der Waals surface area (Å²) in [4.78, 5) is 21.8. The molecular weight excluding hydrogens is 426 g/mol. The first-order chi connectivity index (χ1) is 13.1. The molecule has 4 aromatic rings. The fourth-order valence-electron chi connectivity index (χ4n) is 2.50. The summed E-state index contributed by atoms with van der Waals surface area (Å²) in [5.41, 5.74) is 2.23. The zero-order valence-corrected chi connectivity index (χ0v) is 16.7. The van der Waals surface area contributed by atoms with E-state index < -0.39 is 0 Å². The number of fused-ring (bicyclic) bond motifs is 1. The number of benzene rings is 2. The van der Waals surface area contributed by atoms with Crippen LogP contribution in [-0.2, 0) is 0 Å². The Hall–Kier alpha value is -2.71. The molecule has 1 amide bonds. The van der Waals surface area contributed by atoms with Crippen LogP contribution in [0.15, 0.2) is 75.3 Å². The quantitative estimate of drug-likeness (QED) is 0.470. The zero-order chi connectivity index (χ0) is 18.8. The number of carbonyl (C=O) groups excluding carboxylic acids is 1. The van der Waals surface area contributed by atoms with Crippen LogP contribution in [0.3, 0.4) is 0 Å². The van der Waals surface area contributed by atoms with Gasteiger partial charge in [0.15, 0.2) is 0 Å². The van der Waals surface area contributed by atoms with Crippen molar-refractivity contribution in [1.29, 1.82) is 0 Å². The van der Waals surface area contributed by atoms with Crippen molar-refractivity contribution >= 4 is 45.1 Å². The van der Waals surface area contributed by atoms with Crippen molar-refractivity contribution in [1.82, 2.24) is 19.6 Å². The van der Waals surface area contributed by atoms with E-state index in [-0.39, 0.29) is 5.91 Å². The fourth-order valence-corrected chi connectivity index (χ4v) is 3.72. The van der Waals surface area contributed by atoms with Crippen molar-refractivity contribution in [3.63, 3.8) is 0 Å². The molecule has 0 aliphatic heterocycles. The minimum atomic E-state index is -0.142. The number of halogens is 1. The number of hydrogen-bond acceptors (Lipinski definition) is 5. The van der Waals surface area contributed by atoms with Crippen molar-refractivity contribution < 1.29 is 4.79 Å². The van der Waals surface area contributed by atoms with E-state index >= 15 is 0 Å². The average Bonchev–Trinajstić information content (AvgIpc) is 3.12. The molecule has 0 fully saturated rings. The topological polar surface area (TPSA) is 72.2 Å². The number of hydrogen-bond donors (Lipinski definition) is 1. The molecule has 2 aromatic heterocycles. The molecule has 4 rings (SSSR count). The van der Waals surface area contributed by atoms with E-state index in [1.165, 1.54) is 6.33 Å². The van der Waals surface area contributed by atoms with Crippen molar-refractivity contribution in [3.05, 3.63) is 76.7 Å². The summed E-state index contributed by atoms with van der Waals surface area (Å²) in [5.74, 6) is 0.438. The number of aryl methyl sites for hydroxylation is 1. The third kappa shape index (κ3) is 4.01. The molecule has 1 N–H and O–H groups in total. The molecule has 0 radical (unpaired) electrons. The molecule has 8 heteroatoms. The summed E-state index contributed by atoms with van der Waals surface area (Å²) in [5, 5.41) is 8.05. The lowest BCUT2D eigenvalue weighted by Crippen LogP contribution is -2.11. The Morgan fingerprint density at radius 2 is 1.85 bits per heavy atom. The molecule has 6 nitrogen and oxygen atoms in total. The van der Waals surface area contributed by atoms with Gasteiger partial charge in [0.25, 0.3) is 11.7 Å². The Morgan fingerprint density at radius 3 is 2.59 bits per heavy atom. The van der Waals surface area contributed by atoms with Crippen LogP contribution in [0.5, 0.6) is 0 Å². The minimum Gasteiger partial charge on any atom is -0.322 e. The molecule has 2 aromatic carbocycles. The van der Waals surface area contributed by atoms with Gasteiger partial charge < -0.3 is 5.32 Å². The van der Waals surface area contributed by atoms with Crippen LogP contribution in [0.1, 0.15) is 16.1 Å². The minimum absolute atomic E-state index is 0.142. The molecule has 0 saturated carbocycles. The number of nitrogens with zero attached hydrogens (tertiary/aromatic N) is 4. The molecule has 0 spiro atoms. The molecular formula is C19H14BrN5OS. The first-order valence-corrected chi connectivity index (χ1v) is 9.72. The predicted octanol–water partition coefficient (Wildman–Crippen LogP) is 4.60. The number of carbonyl (C=O) groups is 1. The number of anilines is 1. The fraction of sp³-hybridized carbons (Fsp3) is 0.0526. The van der Waals surface area contributed by atoms with E-state index in [1.807, 2.05) is 49.4 Å². The van der Waals surface area contributed by atoms with Gasteiger partial charge in [-0.25, -0.2) is 4.98 Å². The predicted molar refractivity (Wildman–Crippen MR) is 108 cm³/mol. The summed E-state index contributed by atoms with van der Waals surface area (Å²) in [6.07, 6.45) is 1.49. The largest absolute Gasteiger partial charge is 0.322 e. The SMILES string of the molecule is Cc1cc(Sc2ccc(NC(=O)c3ccc(Br)cc3)cc2)n2ncnc2n1. The number of aromatic nitrogens is 4. The first-order valence-electron chi connectivity index (χ1n) is 8.11. The Labute approximate surface area is 168 Å². The second-order valence-corrected chi connectivity index (χ2v) is 7.80. The smallest absolute Gasteiger partial charge is 0.255 e. The third-order valence-corrected chi connectivity index (χ3v) is 5.32. The highest BCUT2D eigenvalue weighted by atomic mass is 79.9. The van der Waals surface area contributed by atoms with Crippen molar-refractivity contribution in [2.75, 3.05) is 5.32 Å². The molecule has 0 saturated heterocycles. The second kappa shape index (κ2) is 7.50. The molecule has 134 valence electrons. The van der Waals surface area contributed by atoms with E-state index in [1.54, 1.807) is 28.4 Å². The van der Waals surface area contributed by atoms with Crippen molar-refractivity contribution in [3.8, 4) is 0 Å². The molecule has 27 heavy (non-hydrogen) atoms. The Balaban J connectivity index is 1.49. The average molecular weight is 440 g/mol. The van der Waals surface area contributed by atoms with Gasteiger partial charge in [-0.2, -0.15) is 14.6 Å². The van der Waals surface area contributed by atoms with Crippen LogP contribution in [0.4, 0.5) is 5.69 Å². The van der Waals surface area contributed by atoms with Gasteiger partial charge in [-0.3, -0.25) is 4.79 Å². The molecule has 2 heterocycles. The van der Waals surface area contributed by atoms with Gasteiger partial charge in [0, 0.05) is 26.3 Å². The normalized spacial score (nSPS) is 10.9. The van der Waals surface area contributed by atoms with Gasteiger partial charge in [0.05, 0.1) is 0 Å². The maximum atomic E-state index is 12.3. The Bertz CT molecular complexity index is 1110. The molecule has 0 bridgehead atoms. The van der Waals surface area contributed by atoms with Gasteiger partial charge >= 0.3 is 0 Å². The molecule has 0 unspecified atom stereocenters. The van der Waals surface area contributed by atoms with Crippen molar-refractivity contribution in [2.45, 2.75) is 16.8 Å². The second-order valence-electron chi connectivity index (χ2n) is 5.80. The summed E-state index contributed by atoms with van der Waals surface area (Å²) in [6, 6.07) is 16.9. The number of nitrogens with one attached hydrogen (secondary N) is 1. The van der Waals surface area contributed by atoms with E-state index in [2.05, 4.69) is 36.3 Å². The van der Waals surface area contributed by atoms with Crippen LogP contribution in [-0.4, -0.2) is 25.5 Å². The number of rotatable bonds is 4. The Kier molecular flexibility index (Phi) is 4.91. The summed E-state index contributed by atoms with van der Waals surface area (Å²) in [7, 11) is 0. The standard InChI is InChI=1S/C19H14BrN5OS/c1-12-10-17(25-19(23-12)21-11-22-25)27-16-8-6-15(7-9-16)24-18(26)13-2-4-14(20)5-3-13/h2-11H,1H3,(H,24,26). The highest BCUT2D eigenvalue weighted by Crippen LogP contribution is 2.29. The van der Waals surface area contributed by atoms with Crippen LogP contribution >= 0.6 is 27.7 Å². The van der Waals surface area contributed by atoms with Gasteiger partial charge in [0.1, 0.15) is 11.4 Å². The highest BCUT2D eigenvalue weighted by Gasteiger charge is 2.09. The van der Waals surface area contributed by atoms with Gasteiger partial charge in [-0.05, 0) is 61.5 Å². The summed E-state index contributed by atoms with van der Waals surface area (Å²) in [6.45, 7) is 1.93. The molecule has 0 aliphatic rings. The zero-order valence-electron chi connectivity index (χ0n) is 14.3. The van der Waals surface area contributed by atoms with Crippen LogP contribution in [0.2, 0.25) is 0 Å². The van der Waals surface area contributed by atoms with E-state index in [0.717, 1.165) is 25.8 Å². The summed E-state index contributed by atoms with van der Waals surface area (Å²) >= 11 is 4.93. The lowest BCUT2D eigenvalue weighted by molar-refractivity contribution is 0.102. The maximum Gasteiger partial charge on any atom is 0.255 e. The maximum absolute atomic E-state index is 12.3. The van der Waals surface area contributed by atoms with E-state index in [4.69, 9.17) is 0 Å². The summed E-state index contributed by atoms with van der Waals surface area (Å²) < 4.78 is 2.65. The molecule has 0 atom stereocenters. The third-order valence-electron chi connectivity index (χ3n) is 3.79. The monoisotopic (exact) mass is 439 g/mol. The van der Waals surface area contributed by atoms with Crippen LogP contribution in [0.25, 0.3) is 5.78 Å². The van der Waals surface area contributed by atoms with Crippen molar-refractivity contribution in [2.24, 2.45) is 0 Å². The van der Waals surface area contributed by atoms with Crippen LogP contribution < -0.4 is 5.32 Å². The van der Waals surface area contributed by atoms with Gasteiger partial charge in [-0.1, -0.05) is 27.7 Å².